The van der Waals surface area contributed by atoms with E-state index in [1.165, 1.54) is 11.8 Å². The summed E-state index contributed by atoms with van der Waals surface area (Å²) in [6.07, 6.45) is 3.70. The summed E-state index contributed by atoms with van der Waals surface area (Å²) >= 11 is 3.04. The van der Waals surface area contributed by atoms with Gasteiger partial charge in [-0.2, -0.15) is 0 Å². The second kappa shape index (κ2) is 6.28. The summed E-state index contributed by atoms with van der Waals surface area (Å²) < 4.78 is 0. The van der Waals surface area contributed by atoms with E-state index >= 15 is 0 Å². The van der Waals surface area contributed by atoms with Crippen molar-refractivity contribution in [2.45, 2.75) is 24.8 Å². The standard InChI is InChI=1S/C14H16N2O2S2/c1-8-7-15-13(20-8)9(2)16-10-5-4-6-11(19-3)12(10)14(17)18/h4-7,9,16H,1-3H3,(H,17,18). The number of thioether (sulfide) groups is 1. The predicted octanol–water partition coefficient (Wildman–Crippen LogP) is 4.04. The normalized spacial score (nSPS) is 12.2. The van der Waals surface area contributed by atoms with E-state index in [2.05, 4.69) is 10.3 Å². The topological polar surface area (TPSA) is 62.2 Å². The molecular weight excluding hydrogens is 292 g/mol. The number of carbonyl (C=O) groups is 1. The molecule has 0 bridgehead atoms. The molecule has 20 heavy (non-hydrogen) atoms. The predicted molar refractivity (Wildman–Crippen MR) is 84.1 cm³/mol. The number of carboxylic acid groups (broad SMARTS) is 1. The third-order valence-corrected chi connectivity index (χ3v) is 4.72. The van der Waals surface area contributed by atoms with Crippen molar-refractivity contribution < 1.29 is 9.90 Å². The molecule has 1 heterocycles. The van der Waals surface area contributed by atoms with Gasteiger partial charge >= 0.3 is 5.97 Å². The Morgan fingerprint density at radius 2 is 2.25 bits per heavy atom. The van der Waals surface area contributed by atoms with Crippen molar-refractivity contribution >= 4 is 34.8 Å². The van der Waals surface area contributed by atoms with E-state index in [0.717, 1.165) is 14.8 Å². The lowest BCUT2D eigenvalue weighted by Crippen LogP contribution is -2.11. The maximum atomic E-state index is 11.5. The molecule has 106 valence electrons. The molecule has 0 amide bonds. The van der Waals surface area contributed by atoms with Gasteiger partial charge in [-0.25, -0.2) is 9.78 Å². The van der Waals surface area contributed by atoms with E-state index in [1.54, 1.807) is 17.4 Å². The molecule has 0 saturated carbocycles. The lowest BCUT2D eigenvalue weighted by Gasteiger charge is -2.16. The number of hydrogen-bond donors (Lipinski definition) is 2. The Balaban J connectivity index is 2.31. The number of aromatic carboxylic acids is 1. The molecule has 1 aromatic heterocycles. The Morgan fingerprint density at radius 1 is 1.50 bits per heavy atom. The molecule has 6 heteroatoms. The summed E-state index contributed by atoms with van der Waals surface area (Å²) in [4.78, 5) is 17.7. The van der Waals surface area contributed by atoms with Crippen LogP contribution in [0.15, 0.2) is 29.3 Å². The molecule has 0 aliphatic heterocycles. The minimum atomic E-state index is -0.917. The van der Waals surface area contributed by atoms with E-state index < -0.39 is 5.97 Å². The lowest BCUT2D eigenvalue weighted by molar-refractivity contribution is 0.0694. The monoisotopic (exact) mass is 308 g/mol. The molecule has 2 rings (SSSR count). The quantitative estimate of drug-likeness (QED) is 0.816. The fourth-order valence-electron chi connectivity index (χ4n) is 1.91. The molecule has 0 aliphatic carbocycles. The third kappa shape index (κ3) is 3.13. The molecule has 0 fully saturated rings. The number of nitrogens with zero attached hydrogens (tertiary/aromatic N) is 1. The summed E-state index contributed by atoms with van der Waals surface area (Å²) in [5, 5.41) is 13.6. The average Bonchev–Trinajstić information content (AvgIpc) is 2.84. The number of hydrogen-bond acceptors (Lipinski definition) is 5. The zero-order chi connectivity index (χ0) is 14.7. The maximum absolute atomic E-state index is 11.5. The number of carboxylic acids is 1. The van der Waals surface area contributed by atoms with Crippen LogP contribution in [0, 0.1) is 6.92 Å². The van der Waals surface area contributed by atoms with Crippen LogP contribution in [0.4, 0.5) is 5.69 Å². The van der Waals surface area contributed by atoms with Crippen molar-refractivity contribution in [3.63, 3.8) is 0 Å². The molecule has 1 atom stereocenters. The first-order valence-corrected chi connectivity index (χ1v) is 8.16. The van der Waals surface area contributed by atoms with Gasteiger partial charge in [0.05, 0.1) is 17.3 Å². The fourth-order valence-corrected chi connectivity index (χ4v) is 3.30. The summed E-state index contributed by atoms with van der Waals surface area (Å²) in [6, 6.07) is 5.45. The minimum Gasteiger partial charge on any atom is -0.478 e. The number of aryl methyl sites for hydroxylation is 1. The van der Waals surface area contributed by atoms with Crippen molar-refractivity contribution in [1.29, 1.82) is 0 Å². The Kier molecular flexibility index (Phi) is 4.67. The second-order valence-electron chi connectivity index (χ2n) is 4.36. The maximum Gasteiger partial charge on any atom is 0.338 e. The van der Waals surface area contributed by atoms with Gasteiger partial charge in [0.1, 0.15) is 5.01 Å². The molecule has 0 saturated heterocycles. The van der Waals surface area contributed by atoms with Crippen molar-refractivity contribution in [1.82, 2.24) is 4.98 Å². The summed E-state index contributed by atoms with van der Waals surface area (Å²) in [5.74, 6) is -0.917. The highest BCUT2D eigenvalue weighted by atomic mass is 32.2. The molecule has 1 aromatic carbocycles. The summed E-state index contributed by atoms with van der Waals surface area (Å²) in [5.41, 5.74) is 0.949. The Morgan fingerprint density at radius 3 is 2.80 bits per heavy atom. The number of rotatable bonds is 5. The SMILES string of the molecule is CSc1cccc(NC(C)c2ncc(C)s2)c1C(=O)O. The minimum absolute atomic E-state index is 0.0242. The van der Waals surface area contributed by atoms with Crippen LogP contribution in [0.25, 0.3) is 0 Å². The number of benzene rings is 1. The van der Waals surface area contributed by atoms with Crippen LogP contribution >= 0.6 is 23.1 Å². The van der Waals surface area contributed by atoms with Gasteiger partial charge in [-0.15, -0.1) is 23.1 Å². The van der Waals surface area contributed by atoms with Crippen molar-refractivity contribution in [2.24, 2.45) is 0 Å². The summed E-state index contributed by atoms with van der Waals surface area (Å²) in [6.45, 7) is 3.99. The van der Waals surface area contributed by atoms with Crippen LogP contribution < -0.4 is 5.32 Å². The number of thiazole rings is 1. The Bertz CT molecular complexity index is 625. The first-order valence-electron chi connectivity index (χ1n) is 6.12. The van der Waals surface area contributed by atoms with Crippen molar-refractivity contribution in [3.8, 4) is 0 Å². The van der Waals surface area contributed by atoms with Crippen LogP contribution in [-0.2, 0) is 0 Å². The first-order chi connectivity index (χ1) is 9.52. The van der Waals surface area contributed by atoms with E-state index in [-0.39, 0.29) is 6.04 Å². The number of anilines is 1. The van der Waals surface area contributed by atoms with Gasteiger partial charge in [0, 0.05) is 16.0 Å². The molecule has 2 N–H and O–H groups in total. The zero-order valence-corrected chi connectivity index (χ0v) is 13.1. The molecule has 4 nitrogen and oxygen atoms in total. The third-order valence-electron chi connectivity index (χ3n) is 2.84. The fraction of sp³-hybridized carbons (Fsp3) is 0.286. The second-order valence-corrected chi connectivity index (χ2v) is 6.48. The highest BCUT2D eigenvalue weighted by molar-refractivity contribution is 7.98. The van der Waals surface area contributed by atoms with Gasteiger partial charge in [-0.1, -0.05) is 6.07 Å². The van der Waals surface area contributed by atoms with Crippen LogP contribution in [0.5, 0.6) is 0 Å². The van der Waals surface area contributed by atoms with Gasteiger partial charge in [0.15, 0.2) is 0 Å². The largest absolute Gasteiger partial charge is 0.478 e. The molecule has 2 aromatic rings. The van der Waals surface area contributed by atoms with E-state index in [1.807, 2.05) is 38.4 Å². The Labute approximate surface area is 126 Å². The zero-order valence-electron chi connectivity index (χ0n) is 11.5. The van der Waals surface area contributed by atoms with E-state index in [0.29, 0.717) is 11.3 Å². The van der Waals surface area contributed by atoms with E-state index in [9.17, 15) is 9.90 Å². The smallest absolute Gasteiger partial charge is 0.338 e. The van der Waals surface area contributed by atoms with Crippen LogP contribution in [0.1, 0.15) is 33.2 Å². The van der Waals surface area contributed by atoms with Gasteiger partial charge in [-0.3, -0.25) is 0 Å². The molecule has 0 radical (unpaired) electrons. The van der Waals surface area contributed by atoms with Gasteiger partial charge in [0.25, 0.3) is 0 Å². The van der Waals surface area contributed by atoms with Gasteiger partial charge in [-0.05, 0) is 32.2 Å². The Hall–Kier alpha value is -1.53. The molecule has 0 spiro atoms. The average molecular weight is 308 g/mol. The summed E-state index contributed by atoms with van der Waals surface area (Å²) in [7, 11) is 0. The van der Waals surface area contributed by atoms with Gasteiger partial charge < -0.3 is 10.4 Å². The molecule has 1 unspecified atom stereocenters. The highest BCUT2D eigenvalue weighted by Gasteiger charge is 2.17. The number of nitrogens with one attached hydrogen (secondary N) is 1. The first kappa shape index (κ1) is 14.9. The van der Waals surface area contributed by atoms with Crippen LogP contribution in [0.2, 0.25) is 0 Å². The van der Waals surface area contributed by atoms with Crippen molar-refractivity contribution in [2.75, 3.05) is 11.6 Å². The van der Waals surface area contributed by atoms with E-state index in [4.69, 9.17) is 0 Å². The molecular formula is C14H16N2O2S2. The van der Waals surface area contributed by atoms with Crippen LogP contribution in [-0.4, -0.2) is 22.3 Å². The number of aromatic nitrogens is 1. The van der Waals surface area contributed by atoms with Gasteiger partial charge in [0.2, 0.25) is 0 Å². The lowest BCUT2D eigenvalue weighted by atomic mass is 10.1. The van der Waals surface area contributed by atoms with Crippen LogP contribution in [0.3, 0.4) is 0 Å². The van der Waals surface area contributed by atoms with Crippen molar-refractivity contribution in [3.05, 3.63) is 39.8 Å². The highest BCUT2D eigenvalue weighted by Crippen LogP contribution is 2.30. The molecule has 0 aliphatic rings.